The fourth-order valence-electron chi connectivity index (χ4n) is 8.91. The van der Waals surface area contributed by atoms with E-state index in [1.807, 2.05) is 0 Å². The van der Waals surface area contributed by atoms with Gasteiger partial charge in [-0.25, -0.2) is 0 Å². The molecule has 4 aliphatic carbocycles. The zero-order valence-corrected chi connectivity index (χ0v) is 23.2. The molecule has 0 aromatic carbocycles. The molecule has 10 atom stereocenters. The van der Waals surface area contributed by atoms with Crippen LogP contribution >= 0.6 is 0 Å². The first-order valence-electron chi connectivity index (χ1n) is 13.7. The van der Waals surface area contributed by atoms with Crippen LogP contribution in [0.15, 0.2) is 11.6 Å². The molecule has 7 nitrogen and oxygen atoms in total. The summed E-state index contributed by atoms with van der Waals surface area (Å²) in [5.74, 6) is -0.404. The van der Waals surface area contributed by atoms with Crippen molar-refractivity contribution in [2.75, 3.05) is 14.2 Å². The van der Waals surface area contributed by atoms with E-state index in [2.05, 4.69) is 20.8 Å². The minimum absolute atomic E-state index is 0.0126. The van der Waals surface area contributed by atoms with Crippen LogP contribution in [0.1, 0.15) is 86.0 Å². The minimum atomic E-state index is -1.15. The van der Waals surface area contributed by atoms with Crippen molar-refractivity contribution >= 4 is 5.78 Å². The van der Waals surface area contributed by atoms with E-state index in [0.29, 0.717) is 25.7 Å². The lowest BCUT2D eigenvalue weighted by Gasteiger charge is -2.61. The molecule has 3 fully saturated rings. The Bertz CT molecular complexity index is 895. The average molecular weight is 509 g/mol. The van der Waals surface area contributed by atoms with Gasteiger partial charge in [0.1, 0.15) is 0 Å². The largest absolute Gasteiger partial charge is 0.390 e. The standard InChI is InChI=1S/C29H48O7/c1-25(2,33)11-10-24(35-6)28(5,36-7)23-9-13-29(34)18-14-20(30)19-15-21(31)22(32)16-26(19,3)17(18)8-12-27(23,29)4/h14,17,19,21-24,31-34H,8-13,15-16H2,1-7H3/t17?,19-,21+,22-,23?,24+,26+,27+,28+,29+/m0/s1. The van der Waals surface area contributed by atoms with E-state index in [-0.39, 0.29) is 36.1 Å². The summed E-state index contributed by atoms with van der Waals surface area (Å²) in [7, 11) is 3.38. The molecule has 36 heavy (non-hydrogen) atoms. The number of rotatable bonds is 7. The van der Waals surface area contributed by atoms with Crippen molar-refractivity contribution in [3.8, 4) is 0 Å². The van der Waals surface area contributed by atoms with Gasteiger partial charge in [-0.2, -0.15) is 0 Å². The summed E-state index contributed by atoms with van der Waals surface area (Å²) in [4.78, 5) is 13.4. The molecular weight excluding hydrogens is 460 g/mol. The Labute approximate surface area is 216 Å². The third-order valence-electron chi connectivity index (χ3n) is 11.2. The van der Waals surface area contributed by atoms with Gasteiger partial charge in [-0.3, -0.25) is 4.79 Å². The molecule has 0 aromatic heterocycles. The zero-order valence-electron chi connectivity index (χ0n) is 23.2. The number of methoxy groups -OCH3 is 2. The number of hydrogen-bond donors (Lipinski definition) is 4. The molecule has 7 heteroatoms. The van der Waals surface area contributed by atoms with Crippen LogP contribution in [0, 0.1) is 28.6 Å². The van der Waals surface area contributed by atoms with E-state index in [4.69, 9.17) is 9.47 Å². The molecule has 4 N–H and O–H groups in total. The highest BCUT2D eigenvalue weighted by atomic mass is 16.5. The summed E-state index contributed by atoms with van der Waals surface area (Å²) in [6.07, 6.45) is 4.36. The fraction of sp³-hybridized carbons (Fsp3) is 0.897. The van der Waals surface area contributed by atoms with Gasteiger partial charge in [-0.1, -0.05) is 13.8 Å². The van der Waals surface area contributed by atoms with Gasteiger partial charge >= 0.3 is 0 Å². The first-order chi connectivity index (χ1) is 16.6. The second-order valence-corrected chi connectivity index (χ2v) is 13.6. The van der Waals surface area contributed by atoms with Crippen molar-refractivity contribution < 1.29 is 34.7 Å². The predicted octanol–water partition coefficient (Wildman–Crippen LogP) is 3.16. The Morgan fingerprint density at radius 2 is 1.75 bits per heavy atom. The Hall–Kier alpha value is -0.830. The van der Waals surface area contributed by atoms with E-state index < -0.39 is 39.8 Å². The lowest BCUT2D eigenvalue weighted by atomic mass is 9.45. The van der Waals surface area contributed by atoms with Gasteiger partial charge in [0.25, 0.3) is 0 Å². The molecule has 0 radical (unpaired) electrons. The number of allylic oxidation sites excluding steroid dienone is 1. The first-order valence-corrected chi connectivity index (χ1v) is 13.7. The van der Waals surface area contributed by atoms with Crippen LogP contribution in [0.4, 0.5) is 0 Å². The molecular formula is C29H48O7. The number of hydrogen-bond acceptors (Lipinski definition) is 7. The molecule has 4 rings (SSSR count). The van der Waals surface area contributed by atoms with Crippen molar-refractivity contribution in [2.45, 2.75) is 121 Å². The highest BCUT2D eigenvalue weighted by molar-refractivity contribution is 5.95. The van der Waals surface area contributed by atoms with Crippen molar-refractivity contribution in [3.05, 3.63) is 11.6 Å². The van der Waals surface area contributed by atoms with E-state index in [1.54, 1.807) is 34.1 Å². The van der Waals surface area contributed by atoms with Gasteiger partial charge in [-0.15, -0.1) is 0 Å². The van der Waals surface area contributed by atoms with E-state index in [0.717, 1.165) is 24.8 Å². The third kappa shape index (κ3) is 4.04. The zero-order chi connectivity index (χ0) is 26.9. The van der Waals surface area contributed by atoms with E-state index in [1.165, 1.54) is 0 Å². The highest BCUT2D eigenvalue weighted by Gasteiger charge is 2.69. The Morgan fingerprint density at radius 3 is 2.33 bits per heavy atom. The van der Waals surface area contributed by atoms with Crippen molar-refractivity contribution in [1.82, 2.24) is 0 Å². The number of ketones is 1. The lowest BCUT2D eigenvalue weighted by Crippen LogP contribution is -2.63. The number of ether oxygens (including phenoxy) is 2. The van der Waals surface area contributed by atoms with Gasteiger partial charge in [0, 0.05) is 25.6 Å². The number of fused-ring (bicyclic) bond motifs is 5. The summed E-state index contributed by atoms with van der Waals surface area (Å²) in [5, 5.41) is 43.7. The van der Waals surface area contributed by atoms with Gasteiger partial charge in [0.2, 0.25) is 0 Å². The van der Waals surface area contributed by atoms with Crippen LogP contribution in [0.2, 0.25) is 0 Å². The molecule has 0 amide bonds. The second kappa shape index (κ2) is 9.13. The lowest BCUT2D eigenvalue weighted by molar-refractivity contribution is -0.192. The maximum absolute atomic E-state index is 13.4. The minimum Gasteiger partial charge on any atom is -0.390 e. The molecule has 2 unspecified atom stereocenters. The van der Waals surface area contributed by atoms with Crippen LogP contribution in [-0.2, 0) is 14.3 Å². The molecule has 0 saturated heterocycles. The Kier molecular flexibility index (Phi) is 7.15. The number of carbonyl (C=O) groups excluding carboxylic acids is 1. The maximum Gasteiger partial charge on any atom is 0.159 e. The Morgan fingerprint density at radius 1 is 1.08 bits per heavy atom. The van der Waals surface area contributed by atoms with Crippen molar-refractivity contribution in [3.63, 3.8) is 0 Å². The summed E-state index contributed by atoms with van der Waals surface area (Å²) in [6.45, 7) is 9.86. The summed E-state index contributed by atoms with van der Waals surface area (Å²) in [5.41, 5.74) is -2.86. The molecule has 4 aliphatic rings. The third-order valence-corrected chi connectivity index (χ3v) is 11.2. The predicted molar refractivity (Wildman–Crippen MR) is 136 cm³/mol. The molecule has 3 saturated carbocycles. The van der Waals surface area contributed by atoms with Crippen LogP contribution in [0.25, 0.3) is 0 Å². The van der Waals surface area contributed by atoms with Crippen LogP contribution in [-0.4, -0.2) is 75.5 Å². The van der Waals surface area contributed by atoms with Gasteiger partial charge < -0.3 is 29.9 Å². The Balaban J connectivity index is 1.70. The molecule has 0 spiro atoms. The maximum atomic E-state index is 13.4. The highest BCUT2D eigenvalue weighted by Crippen LogP contribution is 2.69. The molecule has 0 heterocycles. The monoisotopic (exact) mass is 508 g/mol. The summed E-state index contributed by atoms with van der Waals surface area (Å²) < 4.78 is 12.2. The van der Waals surface area contributed by atoms with Crippen LogP contribution in [0.5, 0.6) is 0 Å². The molecule has 0 aromatic rings. The average Bonchev–Trinajstić information content (AvgIpc) is 3.07. The second-order valence-electron chi connectivity index (χ2n) is 13.6. The number of aliphatic hydroxyl groups is 4. The molecule has 0 aliphatic heterocycles. The normalized spacial score (nSPS) is 45.2. The van der Waals surface area contributed by atoms with Crippen molar-refractivity contribution in [1.29, 1.82) is 0 Å². The quantitative estimate of drug-likeness (QED) is 0.417. The van der Waals surface area contributed by atoms with Gasteiger partial charge in [0.05, 0.1) is 35.1 Å². The SMILES string of the molecule is CO[C@H](CCC(C)(C)O)[C@](C)(OC)C1CC[C@@]2(O)C3=CC(=O)[C@@H]4C[C@@H](O)[C@@H](O)C[C@]4(C)C3CC[C@]12C. The van der Waals surface area contributed by atoms with Gasteiger partial charge in [-0.05, 0) is 101 Å². The van der Waals surface area contributed by atoms with E-state index >= 15 is 0 Å². The molecule has 206 valence electrons. The van der Waals surface area contributed by atoms with Gasteiger partial charge in [0.15, 0.2) is 5.78 Å². The summed E-state index contributed by atoms with van der Waals surface area (Å²) in [6, 6.07) is 0. The summed E-state index contributed by atoms with van der Waals surface area (Å²) >= 11 is 0. The number of carbonyl (C=O) groups is 1. The number of aliphatic hydroxyl groups excluding tert-OH is 2. The van der Waals surface area contributed by atoms with Crippen molar-refractivity contribution in [2.24, 2.45) is 28.6 Å². The first kappa shape index (κ1) is 28.2. The van der Waals surface area contributed by atoms with E-state index in [9.17, 15) is 25.2 Å². The smallest absolute Gasteiger partial charge is 0.159 e. The topological polar surface area (TPSA) is 116 Å². The van der Waals surface area contributed by atoms with Crippen LogP contribution in [0.3, 0.4) is 0 Å². The molecule has 0 bridgehead atoms. The fourth-order valence-corrected chi connectivity index (χ4v) is 8.91. The van der Waals surface area contributed by atoms with Crippen LogP contribution < -0.4 is 0 Å².